The third kappa shape index (κ3) is 3.50. The maximum Gasteiger partial charge on any atom is 0.250 e. The van der Waals surface area contributed by atoms with Gasteiger partial charge in [0.15, 0.2) is 0 Å². The lowest BCUT2D eigenvalue weighted by Gasteiger charge is -2.10. The van der Waals surface area contributed by atoms with Crippen molar-refractivity contribution in [2.45, 2.75) is 18.4 Å². The highest BCUT2D eigenvalue weighted by molar-refractivity contribution is 7.89. The van der Waals surface area contributed by atoms with E-state index in [1.165, 1.54) is 16.7 Å². The van der Waals surface area contributed by atoms with Gasteiger partial charge in [0.2, 0.25) is 15.6 Å². The number of nitrogens with zero attached hydrogens (tertiary/aromatic N) is 1. The summed E-state index contributed by atoms with van der Waals surface area (Å²) >= 11 is 0. The molecule has 0 radical (unpaired) electrons. The first-order valence-electron chi connectivity index (χ1n) is 6.31. The summed E-state index contributed by atoms with van der Waals surface area (Å²) in [5, 5.41) is 0. The van der Waals surface area contributed by atoms with E-state index < -0.39 is 10.0 Å². The molecule has 7 heteroatoms. The summed E-state index contributed by atoms with van der Waals surface area (Å²) in [6.45, 7) is 1.81. The van der Waals surface area contributed by atoms with Crippen LogP contribution in [0.1, 0.15) is 11.1 Å². The van der Waals surface area contributed by atoms with E-state index in [2.05, 4.69) is 4.72 Å². The lowest BCUT2D eigenvalue weighted by Crippen LogP contribution is -2.25. The quantitative estimate of drug-likeness (QED) is 0.815. The van der Waals surface area contributed by atoms with Crippen LogP contribution >= 0.6 is 0 Å². The maximum atomic E-state index is 12.3. The lowest BCUT2D eigenvalue weighted by molar-refractivity contribution is 0.580. The normalized spacial score (nSPS) is 11.5. The second kappa shape index (κ2) is 5.71. The second-order valence-electron chi connectivity index (χ2n) is 4.84. The molecule has 0 aliphatic rings. The molecule has 6 nitrogen and oxygen atoms in total. The summed E-state index contributed by atoms with van der Waals surface area (Å²) < 4.78 is 28.5. The summed E-state index contributed by atoms with van der Waals surface area (Å²) in [5.41, 5.74) is 7.20. The first kappa shape index (κ1) is 15.3. The minimum Gasteiger partial charge on any atom is -0.399 e. The first-order valence-corrected chi connectivity index (χ1v) is 7.79. The van der Waals surface area contributed by atoms with Gasteiger partial charge in [0.1, 0.15) is 0 Å². The number of anilines is 1. The number of benzene rings is 1. The number of pyridine rings is 1. The molecule has 0 spiro atoms. The first-order chi connectivity index (χ1) is 9.79. The minimum atomic E-state index is -3.65. The van der Waals surface area contributed by atoms with Crippen molar-refractivity contribution in [3.05, 3.63) is 58.0 Å². The van der Waals surface area contributed by atoms with Crippen molar-refractivity contribution in [1.82, 2.24) is 9.29 Å². The van der Waals surface area contributed by atoms with Gasteiger partial charge >= 0.3 is 0 Å². The Morgan fingerprint density at radius 3 is 2.62 bits per heavy atom. The van der Waals surface area contributed by atoms with Crippen LogP contribution in [0.3, 0.4) is 0 Å². The number of nitrogens with two attached hydrogens (primary N) is 1. The number of hydrogen-bond donors (Lipinski definition) is 2. The number of hydrogen-bond acceptors (Lipinski definition) is 4. The molecule has 2 rings (SSSR count). The fraction of sp³-hybridized carbons (Fsp3) is 0.214. The molecule has 0 fully saturated rings. The summed E-state index contributed by atoms with van der Waals surface area (Å²) in [5.74, 6) is 0. The van der Waals surface area contributed by atoms with Gasteiger partial charge in [-0.2, -0.15) is 0 Å². The minimum absolute atomic E-state index is 0.102. The van der Waals surface area contributed by atoms with Crippen LogP contribution in [0, 0.1) is 6.92 Å². The van der Waals surface area contributed by atoms with E-state index in [9.17, 15) is 13.2 Å². The molecule has 1 heterocycles. The van der Waals surface area contributed by atoms with Crippen LogP contribution in [-0.2, 0) is 23.6 Å². The number of rotatable bonds is 4. The van der Waals surface area contributed by atoms with Crippen molar-refractivity contribution in [1.29, 1.82) is 0 Å². The Hall–Kier alpha value is -2.12. The van der Waals surface area contributed by atoms with Gasteiger partial charge in [0.05, 0.1) is 4.90 Å². The Bertz CT molecular complexity index is 826. The van der Waals surface area contributed by atoms with Crippen molar-refractivity contribution in [3.63, 3.8) is 0 Å². The fourth-order valence-corrected chi connectivity index (χ4v) is 3.21. The molecular weight excluding hydrogens is 290 g/mol. The summed E-state index contributed by atoms with van der Waals surface area (Å²) in [7, 11) is -2.04. The third-order valence-electron chi connectivity index (χ3n) is 3.12. The van der Waals surface area contributed by atoms with Gasteiger partial charge in [-0.15, -0.1) is 0 Å². The standard InChI is InChI=1S/C14H17N3O3S/c1-10-3-5-12(15)7-13(10)21(19,20)16-8-11-4-6-14(18)17(2)9-11/h3-7,9,16H,8,15H2,1-2H3. The van der Waals surface area contributed by atoms with E-state index in [0.29, 0.717) is 16.8 Å². The second-order valence-corrected chi connectivity index (χ2v) is 6.57. The Kier molecular flexibility index (Phi) is 4.15. The third-order valence-corrected chi connectivity index (χ3v) is 4.66. The van der Waals surface area contributed by atoms with Crippen molar-refractivity contribution in [2.24, 2.45) is 7.05 Å². The van der Waals surface area contributed by atoms with Crippen molar-refractivity contribution >= 4 is 15.7 Å². The van der Waals surface area contributed by atoms with Gasteiger partial charge in [-0.1, -0.05) is 12.1 Å². The summed E-state index contributed by atoms with van der Waals surface area (Å²) in [6.07, 6.45) is 1.59. The lowest BCUT2D eigenvalue weighted by atomic mass is 10.2. The van der Waals surface area contributed by atoms with Gasteiger partial charge in [0.25, 0.3) is 0 Å². The van der Waals surface area contributed by atoms with Crippen molar-refractivity contribution < 1.29 is 8.42 Å². The average molecular weight is 307 g/mol. The number of nitrogen functional groups attached to an aromatic ring is 1. The Morgan fingerprint density at radius 2 is 1.95 bits per heavy atom. The zero-order chi connectivity index (χ0) is 15.6. The molecule has 21 heavy (non-hydrogen) atoms. The van der Waals surface area contributed by atoms with E-state index in [0.717, 1.165) is 0 Å². The van der Waals surface area contributed by atoms with Crippen LogP contribution in [0.15, 0.2) is 46.2 Å². The molecule has 0 unspecified atom stereocenters. The van der Waals surface area contributed by atoms with E-state index >= 15 is 0 Å². The number of aryl methyl sites for hydroxylation is 2. The largest absolute Gasteiger partial charge is 0.399 e. The highest BCUT2D eigenvalue weighted by atomic mass is 32.2. The molecule has 0 saturated heterocycles. The molecule has 2 aromatic rings. The highest BCUT2D eigenvalue weighted by Crippen LogP contribution is 2.18. The Morgan fingerprint density at radius 1 is 1.24 bits per heavy atom. The number of sulfonamides is 1. The number of aromatic nitrogens is 1. The molecule has 3 N–H and O–H groups in total. The van der Waals surface area contributed by atoms with Gasteiger partial charge in [-0.25, -0.2) is 13.1 Å². The molecule has 0 amide bonds. The predicted octanol–water partition coefficient (Wildman–Crippen LogP) is 0.754. The smallest absolute Gasteiger partial charge is 0.250 e. The van der Waals surface area contributed by atoms with Crippen LogP contribution in [0.4, 0.5) is 5.69 Å². The Labute approximate surface area is 123 Å². The summed E-state index contributed by atoms with van der Waals surface area (Å²) in [6, 6.07) is 7.74. The van der Waals surface area contributed by atoms with Gasteiger partial charge < -0.3 is 10.3 Å². The zero-order valence-electron chi connectivity index (χ0n) is 11.8. The van der Waals surface area contributed by atoms with E-state index in [-0.39, 0.29) is 17.0 Å². The molecule has 0 atom stereocenters. The van der Waals surface area contributed by atoms with Crippen LogP contribution in [0.5, 0.6) is 0 Å². The topological polar surface area (TPSA) is 94.2 Å². The fourth-order valence-electron chi connectivity index (χ4n) is 1.92. The monoisotopic (exact) mass is 307 g/mol. The van der Waals surface area contributed by atoms with Crippen molar-refractivity contribution in [2.75, 3.05) is 5.73 Å². The van der Waals surface area contributed by atoms with E-state index in [1.54, 1.807) is 38.4 Å². The van der Waals surface area contributed by atoms with Crippen LogP contribution in [-0.4, -0.2) is 13.0 Å². The van der Waals surface area contributed by atoms with Crippen LogP contribution in [0.25, 0.3) is 0 Å². The van der Waals surface area contributed by atoms with Gasteiger partial charge in [-0.3, -0.25) is 4.79 Å². The molecule has 1 aromatic heterocycles. The number of nitrogens with one attached hydrogen (secondary N) is 1. The van der Waals surface area contributed by atoms with E-state index in [4.69, 9.17) is 5.73 Å². The molecule has 112 valence electrons. The molecule has 0 bridgehead atoms. The van der Waals surface area contributed by atoms with Gasteiger partial charge in [-0.05, 0) is 30.2 Å². The van der Waals surface area contributed by atoms with E-state index in [1.807, 2.05) is 0 Å². The van der Waals surface area contributed by atoms with Crippen molar-refractivity contribution in [3.8, 4) is 0 Å². The Balaban J connectivity index is 2.23. The molecular formula is C14H17N3O3S. The summed E-state index contributed by atoms with van der Waals surface area (Å²) in [4.78, 5) is 11.4. The molecule has 0 aliphatic heterocycles. The van der Waals surface area contributed by atoms with Crippen LogP contribution < -0.4 is 16.0 Å². The predicted molar refractivity (Wildman–Crippen MR) is 81.3 cm³/mol. The zero-order valence-corrected chi connectivity index (χ0v) is 12.6. The molecule has 0 saturated carbocycles. The molecule has 1 aromatic carbocycles. The maximum absolute atomic E-state index is 12.3. The SMILES string of the molecule is Cc1ccc(N)cc1S(=O)(=O)NCc1ccc(=O)n(C)c1. The van der Waals surface area contributed by atoms with Crippen LogP contribution in [0.2, 0.25) is 0 Å². The molecule has 0 aliphatic carbocycles. The average Bonchev–Trinajstić information content (AvgIpc) is 2.43. The highest BCUT2D eigenvalue weighted by Gasteiger charge is 2.16. The van der Waals surface area contributed by atoms with Gasteiger partial charge in [0, 0.05) is 31.5 Å².